The first-order valence-electron chi connectivity index (χ1n) is 12.7. The average Bonchev–Trinajstić information content (AvgIpc) is 2.81. The maximum absolute atomic E-state index is 13.7. The number of halogens is 2. The van der Waals surface area contributed by atoms with E-state index in [2.05, 4.69) is 31.2 Å². The Hall–Kier alpha value is -1.34. The van der Waals surface area contributed by atoms with Crippen LogP contribution in [0.4, 0.5) is 4.39 Å². The average molecular weight is 441 g/mol. The largest absolute Gasteiger partial charge is 0.205 e. The second kappa shape index (κ2) is 11.0. The normalized spacial score (nSPS) is 26.7. The lowest BCUT2D eigenvalue weighted by molar-refractivity contribution is 0.141. The lowest BCUT2D eigenvalue weighted by atomic mass is 9.68. The van der Waals surface area contributed by atoms with Gasteiger partial charge in [-0.2, -0.15) is 0 Å². The minimum atomic E-state index is -0.354. The van der Waals surface area contributed by atoms with E-state index in [4.69, 9.17) is 11.6 Å². The van der Waals surface area contributed by atoms with Crippen molar-refractivity contribution in [3.63, 3.8) is 0 Å². The molecule has 0 bridgehead atoms. The van der Waals surface area contributed by atoms with Crippen LogP contribution in [0.1, 0.15) is 83.1 Å². The molecule has 0 N–H and O–H groups in total. The molecule has 0 spiro atoms. The van der Waals surface area contributed by atoms with Gasteiger partial charge in [0.2, 0.25) is 0 Å². The van der Waals surface area contributed by atoms with Crippen molar-refractivity contribution in [1.29, 1.82) is 0 Å². The molecule has 0 atom stereocenters. The third-order valence-electron chi connectivity index (χ3n) is 8.19. The van der Waals surface area contributed by atoms with Crippen molar-refractivity contribution in [2.75, 3.05) is 0 Å². The van der Waals surface area contributed by atoms with Crippen LogP contribution in [-0.2, 0) is 6.42 Å². The predicted octanol–water partition coefficient (Wildman–Crippen LogP) is 9.49. The second-order valence-electron chi connectivity index (χ2n) is 10.2. The number of benzene rings is 2. The van der Waals surface area contributed by atoms with Gasteiger partial charge in [0, 0.05) is 0 Å². The second-order valence-corrected chi connectivity index (χ2v) is 10.6. The van der Waals surface area contributed by atoms with Crippen molar-refractivity contribution in [2.24, 2.45) is 23.7 Å². The molecule has 2 aliphatic carbocycles. The van der Waals surface area contributed by atoms with Crippen LogP contribution in [0, 0.1) is 29.5 Å². The van der Waals surface area contributed by atoms with E-state index in [1.54, 1.807) is 6.07 Å². The zero-order valence-electron chi connectivity index (χ0n) is 19.1. The van der Waals surface area contributed by atoms with Crippen LogP contribution in [-0.4, -0.2) is 0 Å². The highest BCUT2D eigenvalue weighted by Crippen LogP contribution is 2.43. The van der Waals surface area contributed by atoms with Crippen LogP contribution in [0.3, 0.4) is 0 Å². The van der Waals surface area contributed by atoms with Crippen LogP contribution in [0.2, 0.25) is 5.02 Å². The molecular formula is C29H38ClF. The number of rotatable bonds is 7. The van der Waals surface area contributed by atoms with Gasteiger partial charge in [0.05, 0.1) is 5.02 Å². The zero-order valence-corrected chi connectivity index (χ0v) is 19.8. The van der Waals surface area contributed by atoms with Gasteiger partial charge < -0.3 is 0 Å². The third kappa shape index (κ3) is 6.13. The van der Waals surface area contributed by atoms with E-state index in [1.807, 2.05) is 6.07 Å². The number of hydrogen-bond donors (Lipinski definition) is 0. The number of hydrogen-bond acceptors (Lipinski definition) is 0. The van der Waals surface area contributed by atoms with E-state index in [0.717, 1.165) is 41.2 Å². The van der Waals surface area contributed by atoms with Gasteiger partial charge in [0.1, 0.15) is 5.82 Å². The Kier molecular flexibility index (Phi) is 8.10. The molecule has 2 aliphatic rings. The molecule has 0 nitrogen and oxygen atoms in total. The van der Waals surface area contributed by atoms with Crippen LogP contribution in [0.5, 0.6) is 0 Å². The van der Waals surface area contributed by atoms with Gasteiger partial charge in [-0.1, -0.05) is 87.4 Å². The third-order valence-corrected chi connectivity index (χ3v) is 8.50. The summed E-state index contributed by atoms with van der Waals surface area (Å²) < 4.78 is 13.7. The fraction of sp³-hybridized carbons (Fsp3) is 0.586. The molecule has 168 valence electrons. The summed E-state index contributed by atoms with van der Waals surface area (Å²) in [6.45, 7) is 2.34. The minimum Gasteiger partial charge on any atom is -0.205 e. The quantitative estimate of drug-likeness (QED) is 0.402. The van der Waals surface area contributed by atoms with E-state index in [0.29, 0.717) is 0 Å². The van der Waals surface area contributed by atoms with Gasteiger partial charge in [-0.25, -0.2) is 4.39 Å². The lowest BCUT2D eigenvalue weighted by Gasteiger charge is -2.38. The summed E-state index contributed by atoms with van der Waals surface area (Å²) in [5.74, 6) is 3.62. The molecule has 0 unspecified atom stereocenters. The van der Waals surface area contributed by atoms with Crippen molar-refractivity contribution in [1.82, 2.24) is 0 Å². The topological polar surface area (TPSA) is 0 Å². The highest BCUT2D eigenvalue weighted by Gasteiger charge is 2.30. The molecule has 2 aromatic rings. The fourth-order valence-electron chi connectivity index (χ4n) is 6.22. The first kappa shape index (κ1) is 22.8. The molecule has 0 amide bonds. The Bertz CT molecular complexity index is 811. The van der Waals surface area contributed by atoms with Gasteiger partial charge in [-0.05, 0) is 91.0 Å². The minimum absolute atomic E-state index is 0.180. The summed E-state index contributed by atoms with van der Waals surface area (Å²) in [6.07, 6.45) is 17.1. The highest BCUT2D eigenvalue weighted by atomic mass is 35.5. The van der Waals surface area contributed by atoms with E-state index >= 15 is 0 Å². The molecule has 0 saturated heterocycles. The molecule has 0 radical (unpaired) electrons. The smallest absolute Gasteiger partial charge is 0.142 e. The van der Waals surface area contributed by atoms with Crippen molar-refractivity contribution in [3.8, 4) is 11.1 Å². The van der Waals surface area contributed by atoms with Gasteiger partial charge in [-0.3, -0.25) is 0 Å². The molecule has 0 aliphatic heterocycles. The molecule has 4 rings (SSSR count). The Morgan fingerprint density at radius 2 is 1.29 bits per heavy atom. The van der Waals surface area contributed by atoms with E-state index in [9.17, 15) is 4.39 Å². The van der Waals surface area contributed by atoms with Gasteiger partial charge in [0.15, 0.2) is 0 Å². The summed E-state index contributed by atoms with van der Waals surface area (Å²) in [7, 11) is 0. The standard InChI is InChI=1S/C29H38ClF/c1-2-3-21-6-12-24(13-7-21)25-14-8-22(9-15-25)4-5-23-10-16-26(17-11-23)27-18-19-28(30)29(31)20-27/h10-11,16-22,24-25H,2-9,12-15H2,1H3. The van der Waals surface area contributed by atoms with Crippen LogP contribution >= 0.6 is 11.6 Å². The molecule has 0 heterocycles. The SMILES string of the molecule is CCCC1CCC(C2CCC(CCc3ccc(-c4ccc(Cl)c(F)c4)cc3)CC2)CC1. The first-order chi connectivity index (χ1) is 15.1. The van der Waals surface area contributed by atoms with Gasteiger partial charge in [0.25, 0.3) is 0 Å². The first-order valence-corrected chi connectivity index (χ1v) is 13.0. The Balaban J connectivity index is 1.21. The Morgan fingerprint density at radius 3 is 1.84 bits per heavy atom. The van der Waals surface area contributed by atoms with Crippen LogP contribution in [0.25, 0.3) is 11.1 Å². The predicted molar refractivity (Wildman–Crippen MR) is 131 cm³/mol. The summed E-state index contributed by atoms with van der Waals surface area (Å²) in [5, 5.41) is 0.180. The van der Waals surface area contributed by atoms with Crippen molar-refractivity contribution in [2.45, 2.75) is 84.0 Å². The van der Waals surface area contributed by atoms with Crippen molar-refractivity contribution < 1.29 is 4.39 Å². The van der Waals surface area contributed by atoms with Crippen LogP contribution in [0.15, 0.2) is 42.5 Å². The summed E-state index contributed by atoms with van der Waals surface area (Å²) in [6, 6.07) is 13.7. The summed E-state index contributed by atoms with van der Waals surface area (Å²) in [5.41, 5.74) is 3.33. The monoisotopic (exact) mass is 440 g/mol. The molecule has 0 aromatic heterocycles. The molecule has 2 aromatic carbocycles. The highest BCUT2D eigenvalue weighted by molar-refractivity contribution is 6.30. The van der Waals surface area contributed by atoms with Gasteiger partial charge >= 0.3 is 0 Å². The maximum Gasteiger partial charge on any atom is 0.142 e. The Morgan fingerprint density at radius 1 is 0.742 bits per heavy atom. The molecule has 31 heavy (non-hydrogen) atoms. The number of aryl methyl sites for hydroxylation is 1. The molecule has 2 saturated carbocycles. The fourth-order valence-corrected chi connectivity index (χ4v) is 6.33. The van der Waals surface area contributed by atoms with Crippen molar-refractivity contribution >= 4 is 11.6 Å². The lowest BCUT2D eigenvalue weighted by Crippen LogP contribution is -2.26. The zero-order chi connectivity index (χ0) is 21.6. The van der Waals surface area contributed by atoms with Crippen molar-refractivity contribution in [3.05, 3.63) is 58.9 Å². The van der Waals surface area contributed by atoms with E-state index in [1.165, 1.54) is 82.3 Å². The Labute approximate surface area is 193 Å². The van der Waals surface area contributed by atoms with E-state index in [-0.39, 0.29) is 10.8 Å². The van der Waals surface area contributed by atoms with Crippen LogP contribution < -0.4 is 0 Å². The molecular weight excluding hydrogens is 403 g/mol. The summed E-state index contributed by atoms with van der Waals surface area (Å²) in [4.78, 5) is 0. The maximum atomic E-state index is 13.7. The summed E-state index contributed by atoms with van der Waals surface area (Å²) >= 11 is 5.80. The van der Waals surface area contributed by atoms with Gasteiger partial charge in [-0.15, -0.1) is 0 Å². The molecule has 2 fully saturated rings. The molecule has 2 heteroatoms. The van der Waals surface area contributed by atoms with E-state index < -0.39 is 0 Å².